The highest BCUT2D eigenvalue weighted by Crippen LogP contribution is 2.65. The van der Waals surface area contributed by atoms with Gasteiger partial charge in [-0.15, -0.1) is 11.3 Å². The summed E-state index contributed by atoms with van der Waals surface area (Å²) in [5, 5.41) is 20.9. The number of hydrogen-bond acceptors (Lipinski definition) is 3. The van der Waals surface area contributed by atoms with Crippen LogP contribution in [-0.4, -0.2) is 0 Å². The topological polar surface area (TPSA) is 47.6 Å². The Morgan fingerprint density at radius 2 is 1.87 bits per heavy atom. The van der Waals surface area contributed by atoms with Gasteiger partial charge in [-0.1, -0.05) is 47.0 Å². The predicted octanol–water partition coefficient (Wildman–Crippen LogP) is 7.81. The highest BCUT2D eigenvalue weighted by atomic mass is 32.1. The Labute approximate surface area is 187 Å². The average molecular weight is 423 g/mol. The van der Waals surface area contributed by atoms with Crippen LogP contribution in [0.5, 0.6) is 0 Å². The van der Waals surface area contributed by atoms with Gasteiger partial charge in [0.1, 0.15) is 0 Å². The maximum Gasteiger partial charge on any atom is 0.159 e. The van der Waals surface area contributed by atoms with Crippen molar-refractivity contribution < 1.29 is 0 Å². The Bertz CT molecular complexity index is 826. The third-order valence-corrected chi connectivity index (χ3v) is 10.4. The second-order valence-electron chi connectivity index (χ2n) is 11.2. The SMILES string of the molecule is CC(C)CCC[C@H](C)[C@H]1CC[C@H]2[C@H]3CCc4c(C(C#N)C#N)csc4[C@@H]3CC[C@]12C. The van der Waals surface area contributed by atoms with E-state index in [0.717, 1.165) is 41.6 Å². The quantitative estimate of drug-likeness (QED) is 0.469. The van der Waals surface area contributed by atoms with Gasteiger partial charge < -0.3 is 0 Å². The van der Waals surface area contributed by atoms with E-state index in [-0.39, 0.29) is 0 Å². The second-order valence-corrected chi connectivity index (χ2v) is 12.1. The first-order chi connectivity index (χ1) is 14.4. The molecule has 2 nitrogen and oxygen atoms in total. The van der Waals surface area contributed by atoms with Crippen molar-refractivity contribution in [1.29, 1.82) is 10.5 Å². The Morgan fingerprint density at radius 1 is 1.10 bits per heavy atom. The van der Waals surface area contributed by atoms with Crippen molar-refractivity contribution in [3.63, 3.8) is 0 Å². The van der Waals surface area contributed by atoms with Crippen LogP contribution in [0.2, 0.25) is 0 Å². The normalized spacial score (nSPS) is 33.5. The lowest BCUT2D eigenvalue weighted by Gasteiger charge is -2.51. The van der Waals surface area contributed by atoms with Gasteiger partial charge in [-0.3, -0.25) is 0 Å². The maximum atomic E-state index is 9.39. The van der Waals surface area contributed by atoms with Crippen LogP contribution in [0.4, 0.5) is 0 Å². The molecule has 0 aliphatic heterocycles. The molecule has 30 heavy (non-hydrogen) atoms. The van der Waals surface area contributed by atoms with Gasteiger partial charge in [-0.05, 0) is 96.0 Å². The van der Waals surface area contributed by atoms with Gasteiger partial charge in [0, 0.05) is 4.88 Å². The lowest BCUT2D eigenvalue weighted by Crippen LogP contribution is -2.43. The molecule has 2 fully saturated rings. The first-order valence-electron chi connectivity index (χ1n) is 12.3. The molecule has 2 saturated carbocycles. The molecule has 0 radical (unpaired) electrons. The van der Waals surface area contributed by atoms with E-state index in [1.807, 2.05) is 11.3 Å². The molecule has 3 heteroatoms. The minimum atomic E-state index is -0.585. The average Bonchev–Trinajstić information content (AvgIpc) is 3.30. The molecule has 162 valence electrons. The minimum Gasteiger partial charge on any atom is -0.196 e. The monoisotopic (exact) mass is 422 g/mol. The van der Waals surface area contributed by atoms with Crippen molar-refractivity contribution >= 4 is 11.3 Å². The van der Waals surface area contributed by atoms with Crippen LogP contribution in [0, 0.1) is 57.7 Å². The van der Waals surface area contributed by atoms with Crippen molar-refractivity contribution in [2.45, 2.75) is 97.3 Å². The smallest absolute Gasteiger partial charge is 0.159 e. The van der Waals surface area contributed by atoms with E-state index < -0.39 is 5.92 Å². The van der Waals surface area contributed by atoms with Crippen molar-refractivity contribution in [2.24, 2.45) is 35.0 Å². The summed E-state index contributed by atoms with van der Waals surface area (Å²) in [4.78, 5) is 1.53. The van der Waals surface area contributed by atoms with Gasteiger partial charge in [0.15, 0.2) is 5.92 Å². The molecular weight excluding hydrogens is 384 g/mol. The van der Waals surface area contributed by atoms with Crippen LogP contribution in [-0.2, 0) is 6.42 Å². The van der Waals surface area contributed by atoms with Crippen molar-refractivity contribution in [3.05, 3.63) is 21.4 Å². The fraction of sp³-hybridized carbons (Fsp3) is 0.778. The summed E-state index contributed by atoms with van der Waals surface area (Å²) < 4.78 is 0. The predicted molar refractivity (Wildman–Crippen MR) is 124 cm³/mol. The van der Waals surface area contributed by atoms with Crippen LogP contribution in [0.15, 0.2) is 5.38 Å². The summed E-state index contributed by atoms with van der Waals surface area (Å²) in [7, 11) is 0. The Kier molecular flexibility index (Phi) is 6.33. The molecule has 0 spiro atoms. The molecule has 0 aromatic carbocycles. The number of rotatable bonds is 6. The van der Waals surface area contributed by atoms with Gasteiger partial charge in [-0.2, -0.15) is 10.5 Å². The summed E-state index contributed by atoms with van der Waals surface area (Å²) in [5.74, 6) is 4.37. The molecule has 1 aromatic rings. The largest absolute Gasteiger partial charge is 0.196 e. The highest BCUT2D eigenvalue weighted by Gasteiger charge is 2.55. The molecule has 0 N–H and O–H groups in total. The molecule has 0 amide bonds. The lowest BCUT2D eigenvalue weighted by atomic mass is 9.54. The summed E-state index contributed by atoms with van der Waals surface area (Å²) in [6.45, 7) is 9.88. The third-order valence-electron chi connectivity index (χ3n) is 9.23. The Balaban J connectivity index is 1.51. The van der Waals surface area contributed by atoms with Gasteiger partial charge in [-0.25, -0.2) is 0 Å². The number of hydrogen-bond donors (Lipinski definition) is 0. The summed E-state index contributed by atoms with van der Waals surface area (Å²) >= 11 is 1.85. The number of nitrogens with zero attached hydrogens (tertiary/aromatic N) is 2. The van der Waals surface area contributed by atoms with E-state index in [1.54, 1.807) is 0 Å². The van der Waals surface area contributed by atoms with Gasteiger partial charge >= 0.3 is 0 Å². The summed E-state index contributed by atoms with van der Waals surface area (Å²) in [6.07, 6.45) is 12.0. The number of thiophene rings is 1. The van der Waals surface area contributed by atoms with Crippen molar-refractivity contribution in [2.75, 3.05) is 0 Å². The molecule has 4 rings (SSSR count). The zero-order chi connectivity index (χ0) is 21.5. The van der Waals surface area contributed by atoms with Crippen LogP contribution in [0.25, 0.3) is 0 Å². The Hall–Kier alpha value is -1.32. The number of nitriles is 2. The van der Waals surface area contributed by atoms with Crippen LogP contribution < -0.4 is 0 Å². The first-order valence-corrected chi connectivity index (χ1v) is 13.2. The van der Waals surface area contributed by atoms with Crippen molar-refractivity contribution in [3.8, 4) is 12.1 Å². The number of fused-ring (bicyclic) bond motifs is 5. The summed E-state index contributed by atoms with van der Waals surface area (Å²) in [5.41, 5.74) is 2.92. The molecule has 1 heterocycles. The zero-order valence-electron chi connectivity index (χ0n) is 19.3. The Morgan fingerprint density at radius 3 is 2.57 bits per heavy atom. The van der Waals surface area contributed by atoms with E-state index in [2.05, 4.69) is 45.2 Å². The molecule has 3 aliphatic carbocycles. The molecule has 0 saturated heterocycles. The summed E-state index contributed by atoms with van der Waals surface area (Å²) in [6, 6.07) is 4.41. The molecule has 1 aromatic heterocycles. The van der Waals surface area contributed by atoms with E-state index in [9.17, 15) is 10.5 Å². The third kappa shape index (κ3) is 3.62. The fourth-order valence-corrected chi connectivity index (χ4v) is 9.11. The van der Waals surface area contributed by atoms with E-state index >= 15 is 0 Å². The van der Waals surface area contributed by atoms with Crippen LogP contribution in [0.1, 0.15) is 107 Å². The minimum absolute atomic E-state index is 0.526. The standard InChI is InChI=1S/C27H38N2S/c1-17(2)6-5-7-18(3)24-10-11-25-20-8-9-21-23(19(14-28)15-29)16-30-26(21)22(20)12-13-27(24,25)4/h16-20,22,24-25H,5-13H2,1-4H3/t18-,20-,22+,24+,25-,27+/m0/s1. The van der Waals surface area contributed by atoms with Crippen LogP contribution in [0.3, 0.4) is 0 Å². The van der Waals surface area contributed by atoms with E-state index in [1.165, 1.54) is 61.8 Å². The molecule has 0 unspecified atom stereocenters. The van der Waals surface area contributed by atoms with E-state index in [4.69, 9.17) is 0 Å². The van der Waals surface area contributed by atoms with Crippen molar-refractivity contribution in [1.82, 2.24) is 0 Å². The first kappa shape index (κ1) is 21.9. The van der Waals surface area contributed by atoms with E-state index in [0.29, 0.717) is 11.3 Å². The van der Waals surface area contributed by atoms with Gasteiger partial charge in [0.2, 0.25) is 0 Å². The van der Waals surface area contributed by atoms with Gasteiger partial charge in [0.25, 0.3) is 0 Å². The van der Waals surface area contributed by atoms with Gasteiger partial charge in [0.05, 0.1) is 12.1 Å². The maximum absolute atomic E-state index is 9.39. The lowest BCUT2D eigenvalue weighted by molar-refractivity contribution is 0.0105. The van der Waals surface area contributed by atoms with Crippen LogP contribution >= 0.6 is 11.3 Å². The molecular formula is C27H38N2S. The fourth-order valence-electron chi connectivity index (χ4n) is 7.75. The molecule has 3 aliphatic rings. The zero-order valence-corrected chi connectivity index (χ0v) is 20.1. The molecule has 0 bridgehead atoms. The second kappa shape index (κ2) is 8.67. The molecule has 6 atom stereocenters. The highest BCUT2D eigenvalue weighted by molar-refractivity contribution is 7.10.